The van der Waals surface area contributed by atoms with Crippen LogP contribution < -0.4 is 5.32 Å². The summed E-state index contributed by atoms with van der Waals surface area (Å²) >= 11 is 0. The first-order chi connectivity index (χ1) is 6.86. The van der Waals surface area contributed by atoms with Gasteiger partial charge in [-0.2, -0.15) is 0 Å². The highest BCUT2D eigenvalue weighted by molar-refractivity contribution is 5.64. The van der Waals surface area contributed by atoms with Gasteiger partial charge in [-0.3, -0.25) is 4.57 Å². The summed E-state index contributed by atoms with van der Waals surface area (Å²) in [5.74, 6) is 0. The molecule has 0 unspecified atom stereocenters. The smallest absolute Gasteiger partial charge is 0.0995 e. The Hall–Kier alpha value is -1.77. The minimum absolute atomic E-state index is 0.326. The molecule has 3 nitrogen and oxygen atoms in total. The Kier molecular flexibility index (Phi) is 1.42. The minimum Gasteiger partial charge on any atom is -0.375 e. The topological polar surface area (TPSA) is 29.9 Å². The first-order valence-corrected chi connectivity index (χ1v) is 4.74. The Morgan fingerprint density at radius 1 is 1.36 bits per heavy atom. The van der Waals surface area contributed by atoms with Gasteiger partial charge in [0.05, 0.1) is 35.6 Å². The van der Waals surface area contributed by atoms with Crippen molar-refractivity contribution in [3.63, 3.8) is 0 Å². The molecule has 0 aliphatic carbocycles. The third-order valence-corrected chi connectivity index (χ3v) is 2.65. The van der Waals surface area contributed by atoms with Gasteiger partial charge in [-0.1, -0.05) is 12.1 Å². The number of benzene rings is 1. The van der Waals surface area contributed by atoms with Crippen LogP contribution in [0.1, 0.15) is 18.7 Å². The van der Waals surface area contributed by atoms with Crippen LogP contribution in [0.2, 0.25) is 0 Å². The summed E-state index contributed by atoms with van der Waals surface area (Å²) in [6.45, 7) is 2.14. The third kappa shape index (κ3) is 0.894. The van der Waals surface area contributed by atoms with Gasteiger partial charge < -0.3 is 5.32 Å². The quantitative estimate of drug-likeness (QED) is 0.682. The number of aromatic nitrogens is 2. The second-order valence-electron chi connectivity index (χ2n) is 3.57. The first-order valence-electron chi connectivity index (χ1n) is 4.74. The van der Waals surface area contributed by atoms with Gasteiger partial charge in [0, 0.05) is 0 Å². The zero-order valence-corrected chi connectivity index (χ0v) is 7.94. The molecule has 3 heteroatoms. The molecule has 3 rings (SSSR count). The Labute approximate surface area is 82.4 Å². The zero-order valence-electron chi connectivity index (χ0n) is 7.94. The summed E-state index contributed by atoms with van der Waals surface area (Å²) in [5.41, 5.74) is 3.56. The highest BCUT2D eigenvalue weighted by Crippen LogP contribution is 2.31. The summed E-state index contributed by atoms with van der Waals surface area (Å²) in [4.78, 5) is 4.18. The molecule has 1 aliphatic rings. The minimum atomic E-state index is 0.326. The number of nitrogens with zero attached hydrogens (tertiary/aromatic N) is 2. The van der Waals surface area contributed by atoms with Crippen LogP contribution in [0.25, 0.3) is 5.69 Å². The van der Waals surface area contributed by atoms with Gasteiger partial charge in [-0.25, -0.2) is 4.98 Å². The van der Waals surface area contributed by atoms with Crippen LogP contribution in [0, 0.1) is 0 Å². The molecule has 1 aromatic carbocycles. The predicted octanol–water partition coefficient (Wildman–Crippen LogP) is 2.36. The van der Waals surface area contributed by atoms with Gasteiger partial charge in [0.2, 0.25) is 0 Å². The predicted molar refractivity (Wildman–Crippen MR) is 55.6 cm³/mol. The molecule has 0 amide bonds. The fraction of sp³-hybridized carbons (Fsp3) is 0.182. The Morgan fingerprint density at radius 3 is 3.14 bits per heavy atom. The lowest BCUT2D eigenvalue weighted by molar-refractivity contribution is 0.774. The molecule has 70 valence electrons. The lowest BCUT2D eigenvalue weighted by Crippen LogP contribution is -2.18. The maximum atomic E-state index is 4.18. The highest BCUT2D eigenvalue weighted by Gasteiger charge is 2.19. The number of para-hydroxylation sites is 2. The zero-order chi connectivity index (χ0) is 9.54. The van der Waals surface area contributed by atoms with E-state index in [0.29, 0.717) is 6.04 Å². The molecule has 0 saturated carbocycles. The van der Waals surface area contributed by atoms with Crippen LogP contribution in [0.3, 0.4) is 0 Å². The van der Waals surface area contributed by atoms with E-state index >= 15 is 0 Å². The molecule has 0 saturated heterocycles. The summed E-state index contributed by atoms with van der Waals surface area (Å²) in [5, 5.41) is 3.44. The van der Waals surface area contributed by atoms with Gasteiger partial charge in [-0.15, -0.1) is 0 Å². The maximum Gasteiger partial charge on any atom is 0.0995 e. The van der Waals surface area contributed by atoms with Crippen molar-refractivity contribution in [1.82, 2.24) is 9.55 Å². The van der Waals surface area contributed by atoms with Gasteiger partial charge in [0.1, 0.15) is 0 Å². The molecule has 2 aromatic rings. The van der Waals surface area contributed by atoms with Crippen LogP contribution in [-0.2, 0) is 0 Å². The second kappa shape index (κ2) is 2.61. The fourth-order valence-corrected chi connectivity index (χ4v) is 1.94. The molecule has 0 fully saturated rings. The lowest BCUT2D eigenvalue weighted by atomic mass is 10.1. The summed E-state index contributed by atoms with van der Waals surface area (Å²) < 4.78 is 2.14. The summed E-state index contributed by atoms with van der Waals surface area (Å²) in [7, 11) is 0. The van der Waals surface area contributed by atoms with Crippen LogP contribution in [0.15, 0.2) is 36.8 Å². The highest BCUT2D eigenvalue weighted by atomic mass is 15.1. The number of nitrogens with one attached hydrogen (secondary N) is 1. The van der Waals surface area contributed by atoms with E-state index in [1.54, 1.807) is 0 Å². The van der Waals surface area contributed by atoms with Crippen molar-refractivity contribution < 1.29 is 0 Å². The number of hydrogen-bond acceptors (Lipinski definition) is 2. The van der Waals surface area contributed by atoms with Crippen molar-refractivity contribution >= 4 is 5.69 Å². The molecule has 0 spiro atoms. The Morgan fingerprint density at radius 2 is 2.21 bits per heavy atom. The summed E-state index contributed by atoms with van der Waals surface area (Å²) in [6.07, 6.45) is 3.78. The number of fused-ring (bicyclic) bond motifs is 3. The molecule has 1 atom stereocenters. The standard InChI is InChI=1S/C11H11N3/c1-8-11-6-12-7-14(11)10-5-3-2-4-9(10)13-8/h2-8,13H,1H3/t8-/m0/s1. The van der Waals surface area contributed by atoms with E-state index in [-0.39, 0.29) is 0 Å². The van der Waals surface area contributed by atoms with E-state index in [9.17, 15) is 0 Å². The molecule has 1 N–H and O–H groups in total. The average Bonchev–Trinajstić information content (AvgIpc) is 2.67. The summed E-state index contributed by atoms with van der Waals surface area (Å²) in [6, 6.07) is 8.60. The fourth-order valence-electron chi connectivity index (χ4n) is 1.94. The second-order valence-corrected chi connectivity index (χ2v) is 3.57. The van der Waals surface area contributed by atoms with Crippen molar-refractivity contribution in [2.45, 2.75) is 13.0 Å². The SMILES string of the molecule is C[C@@H]1Nc2ccccc2-n2cncc21. The van der Waals surface area contributed by atoms with Crippen molar-refractivity contribution in [1.29, 1.82) is 0 Å². The van der Waals surface area contributed by atoms with Crippen LogP contribution in [0.5, 0.6) is 0 Å². The van der Waals surface area contributed by atoms with Crippen molar-refractivity contribution in [2.75, 3.05) is 5.32 Å². The Balaban J connectivity index is 2.29. The average molecular weight is 185 g/mol. The monoisotopic (exact) mass is 185 g/mol. The van der Waals surface area contributed by atoms with Crippen LogP contribution in [-0.4, -0.2) is 9.55 Å². The molecule has 14 heavy (non-hydrogen) atoms. The van der Waals surface area contributed by atoms with Gasteiger partial charge in [0.25, 0.3) is 0 Å². The van der Waals surface area contributed by atoms with E-state index in [4.69, 9.17) is 0 Å². The van der Waals surface area contributed by atoms with E-state index in [0.717, 1.165) is 0 Å². The van der Waals surface area contributed by atoms with E-state index in [2.05, 4.69) is 33.9 Å². The largest absolute Gasteiger partial charge is 0.375 e. The number of anilines is 1. The van der Waals surface area contributed by atoms with Gasteiger partial charge in [-0.05, 0) is 19.1 Å². The van der Waals surface area contributed by atoms with Crippen molar-refractivity contribution in [3.05, 3.63) is 42.5 Å². The van der Waals surface area contributed by atoms with Gasteiger partial charge >= 0.3 is 0 Å². The molecule has 1 aliphatic heterocycles. The molecule has 0 bridgehead atoms. The van der Waals surface area contributed by atoms with Crippen molar-refractivity contribution in [3.8, 4) is 5.69 Å². The van der Waals surface area contributed by atoms with E-state index in [1.807, 2.05) is 24.7 Å². The molecule has 2 heterocycles. The van der Waals surface area contributed by atoms with Crippen LogP contribution >= 0.6 is 0 Å². The van der Waals surface area contributed by atoms with Crippen molar-refractivity contribution in [2.24, 2.45) is 0 Å². The number of rotatable bonds is 0. The molecular formula is C11H11N3. The molecule has 0 radical (unpaired) electrons. The molecule has 1 aromatic heterocycles. The van der Waals surface area contributed by atoms with Gasteiger partial charge in [0.15, 0.2) is 0 Å². The maximum absolute atomic E-state index is 4.18. The number of hydrogen-bond donors (Lipinski definition) is 1. The molecular weight excluding hydrogens is 174 g/mol. The third-order valence-electron chi connectivity index (χ3n) is 2.65. The number of imidazole rings is 1. The van der Waals surface area contributed by atoms with Crippen LogP contribution in [0.4, 0.5) is 5.69 Å². The normalized spacial score (nSPS) is 18.2. The lowest BCUT2D eigenvalue weighted by Gasteiger charge is -2.25. The Bertz CT molecular complexity index is 473. The van der Waals surface area contributed by atoms with E-state index < -0.39 is 0 Å². The first kappa shape index (κ1) is 7.62. The van der Waals surface area contributed by atoms with E-state index in [1.165, 1.54) is 17.1 Å².